The van der Waals surface area contributed by atoms with Gasteiger partial charge in [0.25, 0.3) is 0 Å². The molecule has 0 saturated heterocycles. The number of hydrogen-bond acceptors (Lipinski definition) is 1. The number of halogens is 3. The number of ether oxygens (including phenoxy) is 1. The summed E-state index contributed by atoms with van der Waals surface area (Å²) in [6.45, 7) is 1.89. The normalized spacial score (nSPS) is 10.4. The molecule has 0 spiro atoms. The summed E-state index contributed by atoms with van der Waals surface area (Å²) >= 11 is 9.16. The Morgan fingerprint density at radius 2 is 2.00 bits per heavy atom. The fraction of sp³-hybridized carbons (Fsp3) is 0.143. The molecule has 0 fully saturated rings. The number of hydrogen-bond donors (Lipinski definition) is 0. The number of alkyl halides is 1. The lowest BCUT2D eigenvalue weighted by molar-refractivity contribution is 0.441. The molecule has 0 amide bonds. The third-order valence-corrected chi connectivity index (χ3v) is 3.51. The number of rotatable bonds is 3. The first kappa shape index (κ1) is 13.4. The standard InChI is InChI=1S/C14H11BrClFO/c1-9-2-5-13(17)14(6-9)18-11-4-3-10(8-16)12(15)7-11/h2-7H,8H2,1H3. The van der Waals surface area contributed by atoms with Crippen LogP contribution in [0.1, 0.15) is 11.1 Å². The molecule has 0 saturated carbocycles. The number of aryl methyl sites for hydroxylation is 1. The van der Waals surface area contributed by atoms with Crippen LogP contribution in [0.25, 0.3) is 0 Å². The molecule has 0 atom stereocenters. The fourth-order valence-electron chi connectivity index (χ4n) is 1.52. The molecule has 18 heavy (non-hydrogen) atoms. The maximum absolute atomic E-state index is 13.5. The Morgan fingerprint density at radius 1 is 1.22 bits per heavy atom. The molecular weight excluding hydrogens is 319 g/mol. The SMILES string of the molecule is Cc1ccc(F)c(Oc2ccc(CCl)c(Br)c2)c1. The summed E-state index contributed by atoms with van der Waals surface area (Å²) in [5.74, 6) is 0.832. The summed E-state index contributed by atoms with van der Waals surface area (Å²) in [5, 5.41) is 0. The van der Waals surface area contributed by atoms with Crippen LogP contribution in [-0.2, 0) is 5.88 Å². The summed E-state index contributed by atoms with van der Waals surface area (Å²) in [7, 11) is 0. The van der Waals surface area contributed by atoms with E-state index >= 15 is 0 Å². The molecule has 2 aromatic carbocycles. The van der Waals surface area contributed by atoms with Gasteiger partial charge in [0.05, 0.1) is 0 Å². The lowest BCUT2D eigenvalue weighted by Gasteiger charge is -2.09. The van der Waals surface area contributed by atoms with Crippen LogP contribution in [0, 0.1) is 12.7 Å². The van der Waals surface area contributed by atoms with Crippen LogP contribution in [-0.4, -0.2) is 0 Å². The largest absolute Gasteiger partial charge is 0.454 e. The molecular formula is C14H11BrClFO. The van der Waals surface area contributed by atoms with E-state index in [0.29, 0.717) is 11.6 Å². The van der Waals surface area contributed by atoms with Gasteiger partial charge in [0, 0.05) is 10.4 Å². The van der Waals surface area contributed by atoms with Crippen LogP contribution >= 0.6 is 27.5 Å². The van der Waals surface area contributed by atoms with Gasteiger partial charge < -0.3 is 4.74 Å². The Bertz CT molecular complexity index is 572. The van der Waals surface area contributed by atoms with E-state index in [-0.39, 0.29) is 11.6 Å². The molecule has 2 aromatic rings. The van der Waals surface area contributed by atoms with Crippen LogP contribution in [0.15, 0.2) is 40.9 Å². The molecule has 0 aliphatic carbocycles. The molecule has 0 N–H and O–H groups in total. The van der Waals surface area contributed by atoms with Gasteiger partial charge in [-0.3, -0.25) is 0 Å². The molecule has 0 aliphatic rings. The Morgan fingerprint density at radius 3 is 2.67 bits per heavy atom. The molecule has 94 valence electrons. The highest BCUT2D eigenvalue weighted by atomic mass is 79.9. The second-order valence-corrected chi connectivity index (χ2v) is 5.04. The Kier molecular flexibility index (Phi) is 4.25. The molecule has 0 radical (unpaired) electrons. The predicted molar refractivity (Wildman–Crippen MR) is 74.9 cm³/mol. The predicted octanol–water partition coefficient (Wildman–Crippen LogP) is 5.43. The van der Waals surface area contributed by atoms with E-state index in [2.05, 4.69) is 15.9 Å². The molecule has 0 unspecified atom stereocenters. The highest BCUT2D eigenvalue weighted by Crippen LogP contribution is 2.29. The average Bonchev–Trinajstić information content (AvgIpc) is 2.34. The van der Waals surface area contributed by atoms with Gasteiger partial charge in [-0.15, -0.1) is 11.6 Å². The fourth-order valence-corrected chi connectivity index (χ4v) is 2.41. The Balaban J connectivity index is 2.28. The van der Waals surface area contributed by atoms with E-state index in [1.54, 1.807) is 24.3 Å². The molecule has 1 nitrogen and oxygen atoms in total. The maximum atomic E-state index is 13.5. The van der Waals surface area contributed by atoms with E-state index in [0.717, 1.165) is 15.6 Å². The van der Waals surface area contributed by atoms with Crippen molar-refractivity contribution in [2.45, 2.75) is 12.8 Å². The van der Waals surface area contributed by atoms with E-state index in [9.17, 15) is 4.39 Å². The summed E-state index contributed by atoms with van der Waals surface area (Å²) in [4.78, 5) is 0. The third-order valence-electron chi connectivity index (χ3n) is 2.48. The van der Waals surface area contributed by atoms with Crippen molar-refractivity contribution in [3.8, 4) is 11.5 Å². The van der Waals surface area contributed by atoms with Gasteiger partial charge in [0.15, 0.2) is 11.6 Å². The average molecular weight is 330 g/mol. The van der Waals surface area contributed by atoms with Gasteiger partial charge in [-0.25, -0.2) is 4.39 Å². The highest BCUT2D eigenvalue weighted by molar-refractivity contribution is 9.10. The minimum Gasteiger partial charge on any atom is -0.454 e. The molecule has 0 aromatic heterocycles. The minimum atomic E-state index is -0.377. The second-order valence-electron chi connectivity index (χ2n) is 3.92. The van der Waals surface area contributed by atoms with E-state index in [4.69, 9.17) is 16.3 Å². The van der Waals surface area contributed by atoms with E-state index in [1.165, 1.54) is 6.07 Å². The van der Waals surface area contributed by atoms with E-state index in [1.807, 2.05) is 13.0 Å². The quantitative estimate of drug-likeness (QED) is 0.682. The maximum Gasteiger partial charge on any atom is 0.165 e. The third kappa shape index (κ3) is 3.03. The van der Waals surface area contributed by atoms with Crippen LogP contribution < -0.4 is 4.74 Å². The first-order chi connectivity index (χ1) is 8.60. The first-order valence-electron chi connectivity index (χ1n) is 5.38. The van der Waals surface area contributed by atoms with E-state index < -0.39 is 0 Å². The summed E-state index contributed by atoms with van der Waals surface area (Å²) in [6, 6.07) is 10.2. The molecule has 0 bridgehead atoms. The molecule has 4 heteroatoms. The summed E-state index contributed by atoms with van der Waals surface area (Å²) in [6.07, 6.45) is 0. The van der Waals surface area contributed by atoms with Crippen molar-refractivity contribution in [2.24, 2.45) is 0 Å². The monoisotopic (exact) mass is 328 g/mol. The van der Waals surface area contributed by atoms with Crippen molar-refractivity contribution in [2.75, 3.05) is 0 Å². The van der Waals surface area contributed by atoms with Gasteiger partial charge in [-0.05, 0) is 42.3 Å². The van der Waals surface area contributed by atoms with Gasteiger partial charge in [0.1, 0.15) is 5.75 Å². The molecule has 0 aliphatic heterocycles. The summed E-state index contributed by atoms with van der Waals surface area (Å²) < 4.78 is 19.9. The van der Waals surface area contributed by atoms with Crippen LogP contribution in [0.5, 0.6) is 11.5 Å². The molecule has 0 heterocycles. The van der Waals surface area contributed by atoms with Gasteiger partial charge in [0.2, 0.25) is 0 Å². The van der Waals surface area contributed by atoms with Gasteiger partial charge in [-0.1, -0.05) is 28.1 Å². The Hall–Kier alpha value is -1.06. The zero-order valence-electron chi connectivity index (χ0n) is 9.71. The smallest absolute Gasteiger partial charge is 0.165 e. The van der Waals surface area contributed by atoms with Crippen LogP contribution in [0.3, 0.4) is 0 Å². The minimum absolute atomic E-state index is 0.223. The van der Waals surface area contributed by atoms with Crippen molar-refractivity contribution >= 4 is 27.5 Å². The van der Waals surface area contributed by atoms with Crippen LogP contribution in [0.2, 0.25) is 0 Å². The Labute approximate surface area is 119 Å². The number of benzene rings is 2. The second kappa shape index (κ2) is 5.72. The molecule has 2 rings (SSSR count). The zero-order valence-corrected chi connectivity index (χ0v) is 12.1. The van der Waals surface area contributed by atoms with Crippen molar-refractivity contribution in [3.05, 3.63) is 57.8 Å². The first-order valence-corrected chi connectivity index (χ1v) is 6.71. The lowest BCUT2D eigenvalue weighted by Crippen LogP contribution is -1.90. The lowest BCUT2D eigenvalue weighted by atomic mass is 10.2. The van der Waals surface area contributed by atoms with Crippen molar-refractivity contribution in [1.82, 2.24) is 0 Å². The van der Waals surface area contributed by atoms with Crippen molar-refractivity contribution in [3.63, 3.8) is 0 Å². The van der Waals surface area contributed by atoms with Gasteiger partial charge in [-0.2, -0.15) is 0 Å². The van der Waals surface area contributed by atoms with Gasteiger partial charge >= 0.3 is 0 Å². The van der Waals surface area contributed by atoms with Crippen molar-refractivity contribution < 1.29 is 9.13 Å². The summed E-state index contributed by atoms with van der Waals surface area (Å²) in [5.41, 5.74) is 1.91. The highest BCUT2D eigenvalue weighted by Gasteiger charge is 2.06. The topological polar surface area (TPSA) is 9.23 Å². The van der Waals surface area contributed by atoms with Crippen LogP contribution in [0.4, 0.5) is 4.39 Å². The zero-order chi connectivity index (χ0) is 13.1. The van der Waals surface area contributed by atoms with Crippen molar-refractivity contribution in [1.29, 1.82) is 0 Å².